The third-order valence-electron chi connectivity index (χ3n) is 3.99. The van der Waals surface area contributed by atoms with Gasteiger partial charge in [0, 0.05) is 23.2 Å². The zero-order chi connectivity index (χ0) is 16.9. The number of amides is 2. The first kappa shape index (κ1) is 16.5. The number of halogens is 1. The second-order valence-corrected chi connectivity index (χ2v) is 6.37. The number of carbonyl (C=O) groups excluding carboxylic acids is 2. The molecule has 0 aromatic heterocycles. The SMILES string of the molecule is O=C(NCC(=O)N(Cc1ccccc1)C1CC1)c1cccc(Cl)c1. The van der Waals surface area contributed by atoms with Gasteiger partial charge in [0.2, 0.25) is 5.91 Å². The maximum atomic E-state index is 12.5. The average molecular weight is 343 g/mol. The molecule has 2 aromatic carbocycles. The van der Waals surface area contributed by atoms with Crippen LogP contribution in [0.5, 0.6) is 0 Å². The molecule has 0 spiro atoms. The summed E-state index contributed by atoms with van der Waals surface area (Å²) in [5, 5.41) is 3.18. The van der Waals surface area contributed by atoms with Crippen molar-refractivity contribution in [3.05, 3.63) is 70.7 Å². The lowest BCUT2D eigenvalue weighted by atomic mass is 10.2. The zero-order valence-electron chi connectivity index (χ0n) is 13.2. The standard InChI is InChI=1S/C19H19ClN2O2/c20-16-8-4-7-15(11-16)19(24)21-12-18(23)22(17-9-10-17)13-14-5-2-1-3-6-14/h1-8,11,17H,9-10,12-13H2,(H,21,24). The number of nitrogens with one attached hydrogen (secondary N) is 1. The summed E-state index contributed by atoms with van der Waals surface area (Å²) < 4.78 is 0. The Labute approximate surface area is 146 Å². The summed E-state index contributed by atoms with van der Waals surface area (Å²) in [5.74, 6) is -0.349. The summed E-state index contributed by atoms with van der Waals surface area (Å²) in [4.78, 5) is 26.5. The maximum absolute atomic E-state index is 12.5. The molecule has 1 fully saturated rings. The van der Waals surface area contributed by atoms with Crippen LogP contribution in [0.1, 0.15) is 28.8 Å². The van der Waals surface area contributed by atoms with Crippen molar-refractivity contribution < 1.29 is 9.59 Å². The van der Waals surface area contributed by atoms with Crippen LogP contribution >= 0.6 is 11.6 Å². The minimum atomic E-state index is -0.290. The van der Waals surface area contributed by atoms with E-state index < -0.39 is 0 Å². The molecule has 1 aliphatic rings. The van der Waals surface area contributed by atoms with Gasteiger partial charge in [-0.15, -0.1) is 0 Å². The molecule has 0 unspecified atom stereocenters. The van der Waals surface area contributed by atoms with E-state index in [1.807, 2.05) is 35.2 Å². The Hall–Kier alpha value is -2.33. The predicted molar refractivity (Wildman–Crippen MR) is 93.8 cm³/mol. The van der Waals surface area contributed by atoms with Crippen LogP contribution in [0.15, 0.2) is 54.6 Å². The summed E-state index contributed by atoms with van der Waals surface area (Å²) in [7, 11) is 0. The molecule has 0 atom stereocenters. The molecule has 2 amide bonds. The van der Waals surface area contributed by atoms with Crippen molar-refractivity contribution >= 4 is 23.4 Å². The van der Waals surface area contributed by atoms with Gasteiger partial charge in [0.1, 0.15) is 0 Å². The maximum Gasteiger partial charge on any atom is 0.251 e. The summed E-state index contributed by atoms with van der Waals surface area (Å²) in [6, 6.07) is 16.9. The zero-order valence-corrected chi connectivity index (χ0v) is 14.0. The second kappa shape index (κ2) is 7.49. The van der Waals surface area contributed by atoms with Crippen molar-refractivity contribution in [2.45, 2.75) is 25.4 Å². The Kier molecular flexibility index (Phi) is 5.16. The predicted octanol–water partition coefficient (Wildman–Crippen LogP) is 3.26. The Bertz CT molecular complexity index is 729. The van der Waals surface area contributed by atoms with Crippen molar-refractivity contribution in [1.29, 1.82) is 0 Å². The van der Waals surface area contributed by atoms with E-state index in [4.69, 9.17) is 11.6 Å². The molecule has 0 saturated heterocycles. The third-order valence-corrected chi connectivity index (χ3v) is 4.23. The minimum Gasteiger partial charge on any atom is -0.343 e. The van der Waals surface area contributed by atoms with Gasteiger partial charge in [0.15, 0.2) is 0 Å². The lowest BCUT2D eigenvalue weighted by molar-refractivity contribution is -0.131. The molecule has 0 bridgehead atoms. The van der Waals surface area contributed by atoms with Crippen molar-refractivity contribution in [3.8, 4) is 0 Å². The molecule has 124 valence electrons. The van der Waals surface area contributed by atoms with E-state index in [1.165, 1.54) is 0 Å². The monoisotopic (exact) mass is 342 g/mol. The number of carbonyl (C=O) groups is 2. The highest BCUT2D eigenvalue weighted by Crippen LogP contribution is 2.28. The molecule has 0 aliphatic heterocycles. The summed E-state index contributed by atoms with van der Waals surface area (Å²) in [5.41, 5.74) is 1.55. The molecular formula is C19H19ClN2O2. The van der Waals surface area contributed by atoms with Gasteiger partial charge >= 0.3 is 0 Å². The van der Waals surface area contributed by atoms with E-state index >= 15 is 0 Å². The summed E-state index contributed by atoms with van der Waals surface area (Å²) >= 11 is 5.89. The fraction of sp³-hybridized carbons (Fsp3) is 0.263. The highest BCUT2D eigenvalue weighted by Gasteiger charge is 2.32. The first-order valence-corrected chi connectivity index (χ1v) is 8.38. The van der Waals surface area contributed by atoms with Crippen LogP contribution < -0.4 is 5.32 Å². The van der Waals surface area contributed by atoms with Crippen molar-refractivity contribution in [1.82, 2.24) is 10.2 Å². The van der Waals surface area contributed by atoms with E-state index in [-0.39, 0.29) is 18.4 Å². The highest BCUT2D eigenvalue weighted by molar-refractivity contribution is 6.30. The van der Waals surface area contributed by atoms with E-state index in [0.717, 1.165) is 18.4 Å². The molecule has 1 N–H and O–H groups in total. The normalized spacial score (nSPS) is 13.4. The van der Waals surface area contributed by atoms with E-state index in [9.17, 15) is 9.59 Å². The summed E-state index contributed by atoms with van der Waals surface area (Å²) in [6.07, 6.45) is 2.06. The Morgan fingerprint density at radius 1 is 1.08 bits per heavy atom. The minimum absolute atomic E-state index is 0.00528. The molecule has 2 aromatic rings. The first-order valence-electron chi connectivity index (χ1n) is 8.00. The van der Waals surface area contributed by atoms with Crippen LogP contribution in [0.25, 0.3) is 0 Å². The molecule has 3 rings (SSSR count). The van der Waals surface area contributed by atoms with Gasteiger partial charge in [0.25, 0.3) is 5.91 Å². The third kappa shape index (κ3) is 4.36. The van der Waals surface area contributed by atoms with Gasteiger partial charge in [-0.05, 0) is 36.6 Å². The van der Waals surface area contributed by atoms with Crippen LogP contribution in [0.4, 0.5) is 0 Å². The lowest BCUT2D eigenvalue weighted by Gasteiger charge is -2.23. The number of benzene rings is 2. The topological polar surface area (TPSA) is 49.4 Å². The molecule has 1 saturated carbocycles. The fourth-order valence-corrected chi connectivity index (χ4v) is 2.77. The number of hydrogen-bond acceptors (Lipinski definition) is 2. The fourth-order valence-electron chi connectivity index (χ4n) is 2.58. The molecule has 1 aliphatic carbocycles. The van der Waals surface area contributed by atoms with E-state index in [0.29, 0.717) is 23.2 Å². The average Bonchev–Trinajstić information content (AvgIpc) is 3.43. The van der Waals surface area contributed by atoms with Crippen LogP contribution in [0.2, 0.25) is 5.02 Å². The number of rotatable bonds is 6. The molecule has 0 heterocycles. The van der Waals surface area contributed by atoms with Crippen molar-refractivity contribution in [2.75, 3.05) is 6.54 Å². The molecule has 0 radical (unpaired) electrons. The smallest absolute Gasteiger partial charge is 0.251 e. The van der Waals surface area contributed by atoms with Crippen LogP contribution in [-0.2, 0) is 11.3 Å². The Morgan fingerprint density at radius 2 is 1.83 bits per heavy atom. The van der Waals surface area contributed by atoms with Crippen molar-refractivity contribution in [2.24, 2.45) is 0 Å². The van der Waals surface area contributed by atoms with Crippen molar-refractivity contribution in [3.63, 3.8) is 0 Å². The van der Waals surface area contributed by atoms with Crippen LogP contribution in [0.3, 0.4) is 0 Å². The van der Waals surface area contributed by atoms with Gasteiger partial charge in [-0.1, -0.05) is 48.0 Å². The Morgan fingerprint density at radius 3 is 2.50 bits per heavy atom. The molecule has 5 heteroatoms. The van der Waals surface area contributed by atoms with Gasteiger partial charge in [-0.2, -0.15) is 0 Å². The van der Waals surface area contributed by atoms with Crippen LogP contribution in [-0.4, -0.2) is 29.3 Å². The van der Waals surface area contributed by atoms with Crippen LogP contribution in [0, 0.1) is 0 Å². The first-order chi connectivity index (χ1) is 11.6. The summed E-state index contributed by atoms with van der Waals surface area (Å²) in [6.45, 7) is 0.575. The van der Waals surface area contributed by atoms with Gasteiger partial charge in [-0.25, -0.2) is 0 Å². The molecule has 4 nitrogen and oxygen atoms in total. The van der Waals surface area contributed by atoms with E-state index in [1.54, 1.807) is 24.3 Å². The quantitative estimate of drug-likeness (QED) is 0.876. The largest absolute Gasteiger partial charge is 0.343 e. The molecule has 24 heavy (non-hydrogen) atoms. The Balaban J connectivity index is 1.59. The van der Waals surface area contributed by atoms with Gasteiger partial charge in [0.05, 0.1) is 6.54 Å². The lowest BCUT2D eigenvalue weighted by Crippen LogP contribution is -2.41. The number of nitrogens with zero attached hydrogens (tertiary/aromatic N) is 1. The van der Waals surface area contributed by atoms with Gasteiger partial charge < -0.3 is 10.2 Å². The molecular weight excluding hydrogens is 324 g/mol. The highest BCUT2D eigenvalue weighted by atomic mass is 35.5. The number of hydrogen-bond donors (Lipinski definition) is 1. The second-order valence-electron chi connectivity index (χ2n) is 5.93. The van der Waals surface area contributed by atoms with E-state index in [2.05, 4.69) is 5.32 Å². The van der Waals surface area contributed by atoms with Gasteiger partial charge in [-0.3, -0.25) is 9.59 Å².